The molecule has 0 saturated heterocycles. The highest BCUT2D eigenvalue weighted by Gasteiger charge is 2.09. The Hall–Kier alpha value is -1.55. The Morgan fingerprint density at radius 2 is 2.06 bits per heavy atom. The molecular weight excluding hydrogens is 218 g/mol. The summed E-state index contributed by atoms with van der Waals surface area (Å²) in [5.74, 6) is 0.0521. The molecule has 17 heavy (non-hydrogen) atoms. The number of aliphatic carboxylic acids is 1. The van der Waals surface area contributed by atoms with Gasteiger partial charge in [-0.1, -0.05) is 19.1 Å². The van der Waals surface area contributed by atoms with Crippen molar-refractivity contribution in [3.63, 3.8) is 0 Å². The first-order valence-corrected chi connectivity index (χ1v) is 5.76. The zero-order chi connectivity index (χ0) is 12.7. The monoisotopic (exact) mass is 237 g/mol. The van der Waals surface area contributed by atoms with Crippen molar-refractivity contribution in [2.45, 2.75) is 25.8 Å². The average molecular weight is 237 g/mol. The molecule has 1 aromatic carbocycles. The molecule has 1 unspecified atom stereocenters. The molecule has 0 radical (unpaired) electrons. The maximum absolute atomic E-state index is 10.4. The molecule has 0 fully saturated rings. The quantitative estimate of drug-likeness (QED) is 0.763. The molecule has 0 aliphatic heterocycles. The van der Waals surface area contributed by atoms with Crippen LogP contribution in [0.2, 0.25) is 0 Å². The second-order valence-electron chi connectivity index (χ2n) is 3.83. The van der Waals surface area contributed by atoms with E-state index in [2.05, 4.69) is 12.2 Å². The zero-order valence-electron chi connectivity index (χ0n) is 10.3. The second-order valence-corrected chi connectivity index (χ2v) is 3.83. The Morgan fingerprint density at radius 3 is 2.53 bits per heavy atom. The maximum atomic E-state index is 10.4. The van der Waals surface area contributed by atoms with Gasteiger partial charge >= 0.3 is 5.97 Å². The maximum Gasteiger partial charge on any atom is 0.304 e. The molecule has 1 aromatic rings. The Kier molecular flexibility index (Phi) is 5.49. The first kappa shape index (κ1) is 13.5. The first-order chi connectivity index (χ1) is 8.17. The van der Waals surface area contributed by atoms with E-state index in [1.165, 1.54) is 0 Å². The van der Waals surface area contributed by atoms with Crippen LogP contribution in [0.3, 0.4) is 0 Å². The van der Waals surface area contributed by atoms with Crippen molar-refractivity contribution < 1.29 is 14.6 Å². The Balaban J connectivity index is 2.56. The fourth-order valence-electron chi connectivity index (χ4n) is 1.69. The van der Waals surface area contributed by atoms with Gasteiger partial charge in [0.05, 0.1) is 13.5 Å². The third kappa shape index (κ3) is 4.44. The van der Waals surface area contributed by atoms with Crippen LogP contribution in [0.4, 0.5) is 0 Å². The molecule has 0 aromatic heterocycles. The molecule has 4 nitrogen and oxygen atoms in total. The third-order valence-electron chi connectivity index (χ3n) is 2.66. The van der Waals surface area contributed by atoms with Gasteiger partial charge in [-0.2, -0.15) is 0 Å². The van der Waals surface area contributed by atoms with Crippen LogP contribution in [0, 0.1) is 0 Å². The molecule has 1 rings (SSSR count). The number of benzene rings is 1. The highest BCUT2D eigenvalue weighted by atomic mass is 16.5. The Morgan fingerprint density at radius 1 is 1.41 bits per heavy atom. The van der Waals surface area contributed by atoms with Crippen molar-refractivity contribution in [2.75, 3.05) is 13.7 Å². The predicted molar refractivity (Wildman–Crippen MR) is 66.3 cm³/mol. The molecule has 0 amide bonds. The number of hydrogen-bond donors (Lipinski definition) is 2. The van der Waals surface area contributed by atoms with E-state index in [4.69, 9.17) is 9.84 Å². The van der Waals surface area contributed by atoms with E-state index in [9.17, 15) is 4.79 Å². The van der Waals surface area contributed by atoms with Crippen LogP contribution in [0.15, 0.2) is 24.3 Å². The van der Waals surface area contributed by atoms with Crippen LogP contribution in [0.25, 0.3) is 0 Å². The lowest BCUT2D eigenvalue weighted by Crippen LogP contribution is -2.23. The first-order valence-electron chi connectivity index (χ1n) is 5.76. The summed E-state index contributed by atoms with van der Waals surface area (Å²) in [5, 5.41) is 11.8. The standard InChI is InChI=1S/C13H19NO3/c1-3-12(14-9-8-13(15)16)10-4-6-11(17-2)7-5-10/h4-7,12,14H,3,8-9H2,1-2H3,(H,15,16). The summed E-state index contributed by atoms with van der Waals surface area (Å²) in [6.07, 6.45) is 1.07. The lowest BCUT2D eigenvalue weighted by atomic mass is 10.0. The van der Waals surface area contributed by atoms with Crippen molar-refractivity contribution in [3.05, 3.63) is 29.8 Å². The summed E-state index contributed by atoms with van der Waals surface area (Å²) in [6, 6.07) is 8.02. The number of carbonyl (C=O) groups is 1. The van der Waals surface area contributed by atoms with Crippen LogP contribution >= 0.6 is 0 Å². The van der Waals surface area contributed by atoms with Crippen LogP contribution in [0.5, 0.6) is 5.75 Å². The second kappa shape index (κ2) is 6.91. The van der Waals surface area contributed by atoms with E-state index < -0.39 is 5.97 Å². The molecule has 0 heterocycles. The smallest absolute Gasteiger partial charge is 0.304 e. The normalized spacial score (nSPS) is 12.1. The molecule has 2 N–H and O–H groups in total. The summed E-state index contributed by atoms with van der Waals surface area (Å²) >= 11 is 0. The average Bonchev–Trinajstić information content (AvgIpc) is 2.34. The lowest BCUT2D eigenvalue weighted by molar-refractivity contribution is -0.136. The molecule has 0 spiro atoms. The lowest BCUT2D eigenvalue weighted by Gasteiger charge is -2.17. The molecule has 0 bridgehead atoms. The van der Waals surface area contributed by atoms with Crippen molar-refractivity contribution in [1.82, 2.24) is 5.32 Å². The van der Waals surface area contributed by atoms with Crippen molar-refractivity contribution >= 4 is 5.97 Å². The van der Waals surface area contributed by atoms with Crippen molar-refractivity contribution in [3.8, 4) is 5.75 Å². The molecule has 0 saturated carbocycles. The van der Waals surface area contributed by atoms with Crippen molar-refractivity contribution in [1.29, 1.82) is 0 Å². The molecular formula is C13H19NO3. The fraction of sp³-hybridized carbons (Fsp3) is 0.462. The van der Waals surface area contributed by atoms with Gasteiger partial charge in [-0.3, -0.25) is 4.79 Å². The highest BCUT2D eigenvalue weighted by Crippen LogP contribution is 2.19. The van der Waals surface area contributed by atoms with Crippen LogP contribution in [0.1, 0.15) is 31.4 Å². The summed E-state index contributed by atoms with van der Waals surface area (Å²) in [4.78, 5) is 10.4. The number of carboxylic acids is 1. The van der Waals surface area contributed by atoms with Gasteiger partial charge in [0.1, 0.15) is 5.75 Å². The van der Waals surface area contributed by atoms with Gasteiger partial charge in [-0.25, -0.2) is 0 Å². The number of ether oxygens (including phenoxy) is 1. The highest BCUT2D eigenvalue weighted by molar-refractivity contribution is 5.66. The zero-order valence-corrected chi connectivity index (χ0v) is 10.3. The minimum Gasteiger partial charge on any atom is -0.497 e. The minimum absolute atomic E-state index is 0.145. The van der Waals surface area contributed by atoms with E-state index in [0.717, 1.165) is 17.7 Å². The van der Waals surface area contributed by atoms with Gasteiger partial charge in [0.25, 0.3) is 0 Å². The van der Waals surface area contributed by atoms with E-state index >= 15 is 0 Å². The summed E-state index contributed by atoms with van der Waals surface area (Å²) < 4.78 is 5.10. The number of rotatable bonds is 7. The Labute approximate surface area is 102 Å². The SMILES string of the molecule is CCC(NCCC(=O)O)c1ccc(OC)cc1. The largest absolute Gasteiger partial charge is 0.497 e. The van der Waals surface area contributed by atoms with E-state index in [1.54, 1.807) is 7.11 Å². The third-order valence-corrected chi connectivity index (χ3v) is 2.66. The molecule has 94 valence electrons. The topological polar surface area (TPSA) is 58.6 Å². The fourth-order valence-corrected chi connectivity index (χ4v) is 1.69. The molecule has 0 aliphatic carbocycles. The molecule has 1 atom stereocenters. The van der Waals surface area contributed by atoms with Gasteiger partial charge in [0.15, 0.2) is 0 Å². The van der Waals surface area contributed by atoms with E-state index in [-0.39, 0.29) is 12.5 Å². The van der Waals surface area contributed by atoms with Gasteiger partial charge in [-0.05, 0) is 24.1 Å². The molecule has 4 heteroatoms. The number of carboxylic acid groups (broad SMARTS) is 1. The van der Waals surface area contributed by atoms with Crippen LogP contribution in [-0.2, 0) is 4.79 Å². The van der Waals surface area contributed by atoms with Gasteiger partial charge < -0.3 is 15.2 Å². The number of methoxy groups -OCH3 is 1. The van der Waals surface area contributed by atoms with Gasteiger partial charge in [-0.15, -0.1) is 0 Å². The predicted octanol–water partition coefficient (Wildman–Crippen LogP) is 2.21. The summed E-state index contributed by atoms with van der Waals surface area (Å²) in [5.41, 5.74) is 1.15. The summed E-state index contributed by atoms with van der Waals surface area (Å²) in [7, 11) is 1.64. The summed E-state index contributed by atoms with van der Waals surface area (Å²) in [6.45, 7) is 2.56. The van der Waals surface area contributed by atoms with E-state index in [0.29, 0.717) is 6.54 Å². The van der Waals surface area contributed by atoms with Crippen molar-refractivity contribution in [2.24, 2.45) is 0 Å². The van der Waals surface area contributed by atoms with Gasteiger partial charge in [0, 0.05) is 12.6 Å². The van der Waals surface area contributed by atoms with E-state index in [1.807, 2.05) is 24.3 Å². The number of hydrogen-bond acceptors (Lipinski definition) is 3. The molecule has 0 aliphatic rings. The minimum atomic E-state index is -0.776. The van der Waals surface area contributed by atoms with Gasteiger partial charge in [0.2, 0.25) is 0 Å². The Bertz CT molecular complexity index is 348. The van der Waals surface area contributed by atoms with Crippen LogP contribution < -0.4 is 10.1 Å². The van der Waals surface area contributed by atoms with Crippen LogP contribution in [-0.4, -0.2) is 24.7 Å². The number of nitrogens with one attached hydrogen (secondary N) is 1.